The summed E-state index contributed by atoms with van der Waals surface area (Å²) in [7, 11) is 0. The van der Waals surface area contributed by atoms with Crippen LogP contribution in [0, 0.1) is 5.92 Å². The van der Waals surface area contributed by atoms with E-state index in [2.05, 4.69) is 10.3 Å². The average molecular weight is 280 g/mol. The minimum absolute atomic E-state index is 0.728. The van der Waals surface area contributed by atoms with E-state index in [1.807, 2.05) is 28.9 Å². The van der Waals surface area contributed by atoms with E-state index in [0.29, 0.717) is 0 Å². The Balaban J connectivity index is 1.56. The Morgan fingerprint density at radius 3 is 3.00 bits per heavy atom. The van der Waals surface area contributed by atoms with Crippen LogP contribution in [0.2, 0.25) is 5.02 Å². The Morgan fingerprint density at radius 1 is 1.32 bits per heavy atom. The van der Waals surface area contributed by atoms with Crippen molar-refractivity contribution in [1.29, 1.82) is 0 Å². The molecule has 102 valence electrons. The lowest BCUT2D eigenvalue weighted by Gasteiger charge is -2.21. The maximum atomic E-state index is 5.96. The first kappa shape index (κ1) is 12.9. The Morgan fingerprint density at radius 2 is 2.16 bits per heavy atom. The third kappa shape index (κ3) is 3.26. The molecule has 3 rings (SSSR count). The van der Waals surface area contributed by atoms with Gasteiger partial charge in [0.1, 0.15) is 5.65 Å². The molecule has 0 aromatic carbocycles. The first-order valence-electron chi connectivity index (χ1n) is 6.73. The number of pyridine rings is 1. The van der Waals surface area contributed by atoms with Crippen LogP contribution in [-0.4, -0.2) is 29.1 Å². The monoisotopic (exact) mass is 279 g/mol. The lowest BCUT2D eigenvalue weighted by molar-refractivity contribution is 0.0662. The predicted octanol–water partition coefficient (Wildman–Crippen LogP) is 2.50. The third-order valence-corrected chi connectivity index (χ3v) is 3.77. The van der Waals surface area contributed by atoms with Crippen molar-refractivity contribution < 1.29 is 4.74 Å². The molecule has 4 nitrogen and oxygen atoms in total. The largest absolute Gasteiger partial charge is 0.381 e. The molecule has 1 fully saturated rings. The minimum atomic E-state index is 0.728. The van der Waals surface area contributed by atoms with Crippen LogP contribution in [0.5, 0.6) is 0 Å². The summed E-state index contributed by atoms with van der Waals surface area (Å²) in [5.41, 5.74) is 1.99. The van der Waals surface area contributed by atoms with Crippen LogP contribution >= 0.6 is 11.6 Å². The van der Waals surface area contributed by atoms with Gasteiger partial charge in [-0.1, -0.05) is 11.6 Å². The topological polar surface area (TPSA) is 38.6 Å². The second kappa shape index (κ2) is 5.90. The summed E-state index contributed by atoms with van der Waals surface area (Å²) < 4.78 is 7.33. The quantitative estimate of drug-likeness (QED) is 0.935. The molecule has 2 aromatic rings. The molecule has 1 aliphatic rings. The molecular formula is C14H18ClN3O. The van der Waals surface area contributed by atoms with E-state index in [1.165, 1.54) is 0 Å². The second-order valence-electron chi connectivity index (χ2n) is 5.03. The molecule has 0 atom stereocenters. The highest BCUT2D eigenvalue weighted by atomic mass is 35.5. The van der Waals surface area contributed by atoms with E-state index in [-0.39, 0.29) is 0 Å². The Bertz CT molecular complexity index is 549. The SMILES string of the molecule is Clc1ccc2nc(CNCC3CCOCC3)cn2c1. The van der Waals surface area contributed by atoms with Crippen LogP contribution in [0.1, 0.15) is 18.5 Å². The smallest absolute Gasteiger partial charge is 0.137 e. The molecule has 0 amide bonds. The Kier molecular flexibility index (Phi) is 4.01. The first-order chi connectivity index (χ1) is 9.31. The number of nitrogens with zero attached hydrogens (tertiary/aromatic N) is 2. The fourth-order valence-corrected chi connectivity index (χ4v) is 2.63. The summed E-state index contributed by atoms with van der Waals surface area (Å²) in [6.07, 6.45) is 6.23. The molecule has 0 aliphatic carbocycles. The van der Waals surface area contributed by atoms with Crippen LogP contribution in [-0.2, 0) is 11.3 Å². The maximum absolute atomic E-state index is 5.96. The van der Waals surface area contributed by atoms with Crippen molar-refractivity contribution in [1.82, 2.24) is 14.7 Å². The van der Waals surface area contributed by atoms with Crippen LogP contribution < -0.4 is 5.32 Å². The number of rotatable bonds is 4. The summed E-state index contributed by atoms with van der Waals surface area (Å²) in [6.45, 7) is 3.65. The molecule has 0 spiro atoms. The van der Waals surface area contributed by atoms with Gasteiger partial charge >= 0.3 is 0 Å². The first-order valence-corrected chi connectivity index (χ1v) is 7.10. The number of aromatic nitrogens is 2. The zero-order chi connectivity index (χ0) is 13.1. The summed E-state index contributed by atoms with van der Waals surface area (Å²) in [5.74, 6) is 0.736. The van der Waals surface area contributed by atoms with Gasteiger partial charge in [0.05, 0.1) is 10.7 Å². The van der Waals surface area contributed by atoms with Gasteiger partial charge in [-0.25, -0.2) is 4.98 Å². The molecule has 2 aromatic heterocycles. The van der Waals surface area contributed by atoms with Crippen LogP contribution in [0.3, 0.4) is 0 Å². The van der Waals surface area contributed by atoms with Gasteiger partial charge in [-0.05, 0) is 37.4 Å². The number of fused-ring (bicyclic) bond motifs is 1. The van der Waals surface area contributed by atoms with Crippen LogP contribution in [0.4, 0.5) is 0 Å². The minimum Gasteiger partial charge on any atom is -0.381 e. The lowest BCUT2D eigenvalue weighted by Crippen LogP contribution is -2.27. The van der Waals surface area contributed by atoms with Gasteiger partial charge < -0.3 is 14.5 Å². The molecule has 1 saturated heterocycles. The second-order valence-corrected chi connectivity index (χ2v) is 5.47. The van der Waals surface area contributed by atoms with Gasteiger partial charge in [0, 0.05) is 32.2 Å². The summed E-state index contributed by atoms with van der Waals surface area (Å²) >= 11 is 5.96. The number of nitrogens with one attached hydrogen (secondary N) is 1. The van der Waals surface area contributed by atoms with Crippen molar-refractivity contribution >= 4 is 17.2 Å². The molecule has 1 N–H and O–H groups in total. The number of ether oxygens (including phenoxy) is 1. The number of halogens is 1. The van der Waals surface area contributed by atoms with E-state index < -0.39 is 0 Å². The highest BCUT2D eigenvalue weighted by molar-refractivity contribution is 6.30. The molecule has 0 bridgehead atoms. The van der Waals surface area contributed by atoms with E-state index in [0.717, 1.165) is 61.4 Å². The molecule has 5 heteroatoms. The Labute approximate surface area is 117 Å². The van der Waals surface area contributed by atoms with E-state index in [1.54, 1.807) is 0 Å². The molecule has 0 saturated carbocycles. The van der Waals surface area contributed by atoms with Crippen molar-refractivity contribution in [3.05, 3.63) is 35.2 Å². The highest BCUT2D eigenvalue weighted by Crippen LogP contribution is 2.14. The van der Waals surface area contributed by atoms with Gasteiger partial charge in [-0.15, -0.1) is 0 Å². The number of hydrogen-bond donors (Lipinski definition) is 1. The average Bonchev–Trinajstić information content (AvgIpc) is 2.82. The van der Waals surface area contributed by atoms with E-state index >= 15 is 0 Å². The van der Waals surface area contributed by atoms with Crippen molar-refractivity contribution in [2.24, 2.45) is 5.92 Å². The molecule has 3 heterocycles. The lowest BCUT2D eigenvalue weighted by atomic mass is 10.0. The van der Waals surface area contributed by atoms with Gasteiger partial charge in [-0.2, -0.15) is 0 Å². The van der Waals surface area contributed by atoms with Crippen molar-refractivity contribution in [3.63, 3.8) is 0 Å². The zero-order valence-electron chi connectivity index (χ0n) is 10.8. The standard InChI is InChI=1S/C14H18ClN3O/c15-12-1-2-14-17-13(10-18(14)9-12)8-16-7-11-3-5-19-6-4-11/h1-2,9-11,16H,3-8H2. The molecule has 1 aliphatic heterocycles. The summed E-state index contributed by atoms with van der Waals surface area (Å²) in [4.78, 5) is 4.55. The van der Waals surface area contributed by atoms with Crippen LogP contribution in [0.15, 0.2) is 24.5 Å². The van der Waals surface area contributed by atoms with Gasteiger partial charge in [0.25, 0.3) is 0 Å². The van der Waals surface area contributed by atoms with Crippen molar-refractivity contribution in [2.45, 2.75) is 19.4 Å². The summed E-state index contributed by atoms with van der Waals surface area (Å²) in [6, 6.07) is 3.80. The van der Waals surface area contributed by atoms with E-state index in [9.17, 15) is 0 Å². The third-order valence-electron chi connectivity index (χ3n) is 3.54. The van der Waals surface area contributed by atoms with Crippen molar-refractivity contribution in [2.75, 3.05) is 19.8 Å². The summed E-state index contributed by atoms with van der Waals surface area (Å²) in [5, 5.41) is 4.21. The van der Waals surface area contributed by atoms with Crippen LogP contribution in [0.25, 0.3) is 5.65 Å². The van der Waals surface area contributed by atoms with Crippen molar-refractivity contribution in [3.8, 4) is 0 Å². The molecule has 0 unspecified atom stereocenters. The number of hydrogen-bond acceptors (Lipinski definition) is 3. The maximum Gasteiger partial charge on any atom is 0.137 e. The van der Waals surface area contributed by atoms with Gasteiger partial charge in [-0.3, -0.25) is 0 Å². The van der Waals surface area contributed by atoms with E-state index in [4.69, 9.17) is 16.3 Å². The molecule has 0 radical (unpaired) electrons. The highest BCUT2D eigenvalue weighted by Gasteiger charge is 2.13. The van der Waals surface area contributed by atoms with Gasteiger partial charge in [0.15, 0.2) is 0 Å². The fraction of sp³-hybridized carbons (Fsp3) is 0.500. The predicted molar refractivity (Wildman–Crippen MR) is 75.5 cm³/mol. The normalized spacial score (nSPS) is 17.1. The number of imidazole rings is 1. The molecular weight excluding hydrogens is 262 g/mol. The Hall–Kier alpha value is -1.10. The van der Waals surface area contributed by atoms with Gasteiger partial charge in [0.2, 0.25) is 0 Å². The fourth-order valence-electron chi connectivity index (χ4n) is 2.46. The molecule has 19 heavy (non-hydrogen) atoms. The zero-order valence-corrected chi connectivity index (χ0v) is 11.6.